The van der Waals surface area contributed by atoms with Gasteiger partial charge in [0.2, 0.25) is 11.8 Å². The molecule has 7 nitrogen and oxygen atoms in total. The summed E-state index contributed by atoms with van der Waals surface area (Å²) >= 11 is 0. The SMILES string of the molecule is C[C@@H](NC(=O)c1cc(N)on1)C(N)=O. The number of carbonyl (C=O) groups is 2. The standard InChI is InChI=1S/C7H10N4O3/c1-3(6(9)12)10-7(13)4-2-5(8)14-11-4/h2-3H,8H2,1H3,(H2,9,12)(H,10,13)/t3-/m1/s1. The van der Waals surface area contributed by atoms with Gasteiger partial charge >= 0.3 is 0 Å². The maximum atomic E-state index is 11.3. The zero-order valence-corrected chi connectivity index (χ0v) is 7.48. The van der Waals surface area contributed by atoms with Crippen LogP contribution in [0, 0.1) is 0 Å². The molecule has 7 heteroatoms. The first kappa shape index (κ1) is 10.0. The van der Waals surface area contributed by atoms with Crippen molar-refractivity contribution in [2.24, 2.45) is 5.73 Å². The predicted molar refractivity (Wildman–Crippen MR) is 47.0 cm³/mol. The molecule has 76 valence electrons. The maximum absolute atomic E-state index is 11.3. The van der Waals surface area contributed by atoms with E-state index in [9.17, 15) is 9.59 Å². The van der Waals surface area contributed by atoms with E-state index in [4.69, 9.17) is 11.5 Å². The average molecular weight is 198 g/mol. The van der Waals surface area contributed by atoms with Gasteiger partial charge in [-0.3, -0.25) is 9.59 Å². The van der Waals surface area contributed by atoms with E-state index in [2.05, 4.69) is 15.0 Å². The summed E-state index contributed by atoms with van der Waals surface area (Å²) in [6, 6.07) is 0.490. The van der Waals surface area contributed by atoms with E-state index >= 15 is 0 Å². The van der Waals surface area contributed by atoms with Crippen molar-refractivity contribution in [2.45, 2.75) is 13.0 Å². The van der Waals surface area contributed by atoms with E-state index in [0.717, 1.165) is 0 Å². The van der Waals surface area contributed by atoms with Crippen LogP contribution in [0.3, 0.4) is 0 Å². The van der Waals surface area contributed by atoms with Gasteiger partial charge < -0.3 is 21.3 Å². The van der Waals surface area contributed by atoms with Crippen LogP contribution in [0.1, 0.15) is 17.4 Å². The fourth-order valence-electron chi connectivity index (χ4n) is 0.738. The van der Waals surface area contributed by atoms with Gasteiger partial charge in [-0.1, -0.05) is 5.16 Å². The first-order valence-electron chi connectivity index (χ1n) is 3.83. The van der Waals surface area contributed by atoms with Gasteiger partial charge in [-0.25, -0.2) is 0 Å². The second-order valence-electron chi connectivity index (χ2n) is 2.71. The summed E-state index contributed by atoms with van der Waals surface area (Å²) in [7, 11) is 0. The van der Waals surface area contributed by atoms with Crippen LogP contribution in [0.2, 0.25) is 0 Å². The number of amides is 2. The van der Waals surface area contributed by atoms with Crippen LogP contribution in [0.5, 0.6) is 0 Å². The molecule has 0 aliphatic heterocycles. The zero-order chi connectivity index (χ0) is 10.7. The summed E-state index contributed by atoms with van der Waals surface area (Å²) in [6.45, 7) is 1.46. The molecule has 5 N–H and O–H groups in total. The number of hydrogen-bond acceptors (Lipinski definition) is 5. The monoisotopic (exact) mass is 198 g/mol. The fourth-order valence-corrected chi connectivity index (χ4v) is 0.738. The van der Waals surface area contributed by atoms with Crippen molar-refractivity contribution in [1.82, 2.24) is 10.5 Å². The summed E-state index contributed by atoms with van der Waals surface area (Å²) in [5, 5.41) is 5.68. The van der Waals surface area contributed by atoms with Gasteiger partial charge in [-0.15, -0.1) is 0 Å². The van der Waals surface area contributed by atoms with Crippen LogP contribution in [0.15, 0.2) is 10.6 Å². The van der Waals surface area contributed by atoms with Gasteiger partial charge in [0.15, 0.2) is 5.69 Å². The highest BCUT2D eigenvalue weighted by molar-refractivity contribution is 5.95. The molecule has 1 heterocycles. The number of hydrogen-bond donors (Lipinski definition) is 3. The summed E-state index contributed by atoms with van der Waals surface area (Å²) < 4.78 is 4.48. The molecule has 1 aromatic rings. The average Bonchev–Trinajstić information content (AvgIpc) is 2.51. The normalized spacial score (nSPS) is 12.1. The van der Waals surface area contributed by atoms with Crippen LogP contribution in [-0.4, -0.2) is 23.0 Å². The molecule has 0 aliphatic carbocycles. The smallest absolute Gasteiger partial charge is 0.274 e. The molecule has 1 rings (SSSR count). The minimum Gasteiger partial charge on any atom is -0.368 e. The van der Waals surface area contributed by atoms with Crippen LogP contribution in [0.4, 0.5) is 5.88 Å². The van der Waals surface area contributed by atoms with Gasteiger partial charge in [-0.05, 0) is 6.92 Å². The second-order valence-corrected chi connectivity index (χ2v) is 2.71. The molecule has 0 aromatic carbocycles. The number of nitrogens with one attached hydrogen (secondary N) is 1. The van der Waals surface area contributed by atoms with E-state index in [0.29, 0.717) is 0 Å². The third kappa shape index (κ3) is 2.22. The lowest BCUT2D eigenvalue weighted by Gasteiger charge is -2.07. The summed E-state index contributed by atoms with van der Waals surface area (Å²) in [5.74, 6) is -1.16. The van der Waals surface area contributed by atoms with Crippen LogP contribution < -0.4 is 16.8 Å². The molecular weight excluding hydrogens is 188 g/mol. The van der Waals surface area contributed by atoms with E-state index < -0.39 is 17.9 Å². The number of nitrogens with two attached hydrogens (primary N) is 2. The topological polar surface area (TPSA) is 124 Å². The van der Waals surface area contributed by atoms with E-state index in [1.807, 2.05) is 0 Å². The minimum atomic E-state index is -0.763. The largest absolute Gasteiger partial charge is 0.368 e. The molecular formula is C7H10N4O3. The first-order valence-corrected chi connectivity index (χ1v) is 3.83. The minimum absolute atomic E-state index is 0.00981. The third-order valence-corrected chi connectivity index (χ3v) is 1.54. The highest BCUT2D eigenvalue weighted by Gasteiger charge is 2.16. The lowest BCUT2D eigenvalue weighted by Crippen LogP contribution is -2.42. The Kier molecular flexibility index (Phi) is 2.70. The van der Waals surface area contributed by atoms with Gasteiger partial charge in [0.05, 0.1) is 0 Å². The summed E-state index contributed by atoms with van der Waals surface area (Å²) in [4.78, 5) is 21.9. The first-order chi connectivity index (χ1) is 6.50. The molecule has 0 bridgehead atoms. The summed E-state index contributed by atoms with van der Waals surface area (Å²) in [5.41, 5.74) is 10.2. The molecule has 0 aliphatic rings. The summed E-state index contributed by atoms with van der Waals surface area (Å²) in [6.07, 6.45) is 0. The van der Waals surface area contributed by atoms with Crippen molar-refractivity contribution in [3.8, 4) is 0 Å². The Bertz CT molecular complexity index is 360. The predicted octanol–water partition coefficient (Wildman–Crippen LogP) is -1.14. The molecule has 0 fully saturated rings. The molecule has 14 heavy (non-hydrogen) atoms. The number of nitrogen functional groups attached to an aromatic ring is 1. The number of nitrogens with zero attached hydrogens (tertiary/aromatic N) is 1. The van der Waals surface area contributed by atoms with Crippen molar-refractivity contribution in [3.05, 3.63) is 11.8 Å². The Balaban J connectivity index is 2.63. The molecule has 0 saturated heterocycles. The van der Waals surface area contributed by atoms with Crippen molar-refractivity contribution in [2.75, 3.05) is 5.73 Å². The molecule has 1 aromatic heterocycles. The molecule has 0 saturated carbocycles. The third-order valence-electron chi connectivity index (χ3n) is 1.54. The number of aromatic nitrogens is 1. The van der Waals surface area contributed by atoms with E-state index in [1.54, 1.807) is 0 Å². The van der Waals surface area contributed by atoms with Gasteiger partial charge in [0.1, 0.15) is 6.04 Å². The highest BCUT2D eigenvalue weighted by Crippen LogP contribution is 2.04. The quantitative estimate of drug-likeness (QED) is 0.566. The zero-order valence-electron chi connectivity index (χ0n) is 7.48. The highest BCUT2D eigenvalue weighted by atomic mass is 16.5. The van der Waals surface area contributed by atoms with Crippen molar-refractivity contribution in [3.63, 3.8) is 0 Å². The molecule has 1 atom stereocenters. The van der Waals surface area contributed by atoms with Crippen molar-refractivity contribution >= 4 is 17.7 Å². The van der Waals surface area contributed by atoms with Crippen LogP contribution in [-0.2, 0) is 4.79 Å². The molecule has 0 spiro atoms. The maximum Gasteiger partial charge on any atom is 0.274 e. The number of carbonyl (C=O) groups excluding carboxylic acids is 2. The molecule has 0 unspecified atom stereocenters. The van der Waals surface area contributed by atoms with Crippen molar-refractivity contribution in [1.29, 1.82) is 0 Å². The van der Waals surface area contributed by atoms with Gasteiger partial charge in [0.25, 0.3) is 5.91 Å². The number of primary amides is 1. The number of rotatable bonds is 3. The lowest BCUT2D eigenvalue weighted by atomic mass is 10.3. The molecule has 0 radical (unpaired) electrons. The van der Waals surface area contributed by atoms with Crippen LogP contribution in [0.25, 0.3) is 0 Å². The lowest BCUT2D eigenvalue weighted by molar-refractivity contribution is -0.119. The number of anilines is 1. The Morgan fingerprint density at radius 2 is 2.29 bits per heavy atom. The Morgan fingerprint density at radius 3 is 2.71 bits per heavy atom. The van der Waals surface area contributed by atoms with Gasteiger partial charge in [-0.2, -0.15) is 0 Å². The Hall–Kier alpha value is -2.05. The fraction of sp³-hybridized carbons (Fsp3) is 0.286. The van der Waals surface area contributed by atoms with Crippen molar-refractivity contribution < 1.29 is 14.1 Å². The Morgan fingerprint density at radius 1 is 1.64 bits per heavy atom. The second kappa shape index (κ2) is 3.77. The molecule has 2 amide bonds. The van der Waals surface area contributed by atoms with Gasteiger partial charge in [0, 0.05) is 6.07 Å². The van der Waals surface area contributed by atoms with E-state index in [-0.39, 0.29) is 11.6 Å². The Labute approximate surface area is 79.4 Å². The van der Waals surface area contributed by atoms with E-state index in [1.165, 1.54) is 13.0 Å². The van der Waals surface area contributed by atoms with Crippen LogP contribution >= 0.6 is 0 Å².